The number of hydrogen-bond acceptors (Lipinski definition) is 4. The zero-order valence-corrected chi connectivity index (χ0v) is 11.5. The van der Waals surface area contributed by atoms with Gasteiger partial charge in [0.1, 0.15) is 6.61 Å². The minimum Gasteiger partial charge on any atom is -0.493 e. The largest absolute Gasteiger partial charge is 0.493 e. The van der Waals surface area contributed by atoms with Crippen molar-refractivity contribution in [2.75, 3.05) is 41.0 Å². The molecule has 0 atom stereocenters. The van der Waals surface area contributed by atoms with Gasteiger partial charge >= 0.3 is 0 Å². The second kappa shape index (κ2) is 7.95. The highest BCUT2D eigenvalue weighted by Crippen LogP contribution is 2.28. The molecule has 0 heterocycles. The Morgan fingerprint density at radius 2 is 2.00 bits per heavy atom. The van der Waals surface area contributed by atoms with Gasteiger partial charge in [-0.1, -0.05) is 6.07 Å². The second-order valence-electron chi connectivity index (χ2n) is 4.46. The Morgan fingerprint density at radius 1 is 1.22 bits per heavy atom. The Labute approximate surface area is 109 Å². The summed E-state index contributed by atoms with van der Waals surface area (Å²) in [5.41, 5.74) is 1.24. The molecule has 0 aliphatic carbocycles. The van der Waals surface area contributed by atoms with E-state index in [0.29, 0.717) is 5.75 Å². The lowest BCUT2D eigenvalue weighted by Crippen LogP contribution is -2.13. The van der Waals surface area contributed by atoms with Crippen molar-refractivity contribution >= 4 is 0 Å². The van der Waals surface area contributed by atoms with Crippen LogP contribution in [0.4, 0.5) is 0 Å². The summed E-state index contributed by atoms with van der Waals surface area (Å²) in [6.45, 7) is 1.37. The number of rotatable bonds is 8. The van der Waals surface area contributed by atoms with Crippen LogP contribution in [0.15, 0.2) is 18.2 Å². The van der Waals surface area contributed by atoms with Gasteiger partial charge in [0.05, 0.1) is 13.7 Å². The van der Waals surface area contributed by atoms with Crippen LogP contribution in [0.5, 0.6) is 11.5 Å². The smallest absolute Gasteiger partial charge is 0.161 e. The van der Waals surface area contributed by atoms with Crippen molar-refractivity contribution < 1.29 is 14.6 Å². The number of aryl methyl sites for hydroxylation is 1. The maximum Gasteiger partial charge on any atom is 0.161 e. The maximum absolute atomic E-state index is 8.74. The van der Waals surface area contributed by atoms with Crippen LogP contribution in [-0.4, -0.2) is 51.0 Å². The Balaban J connectivity index is 2.60. The van der Waals surface area contributed by atoms with E-state index < -0.39 is 0 Å². The molecule has 4 nitrogen and oxygen atoms in total. The van der Waals surface area contributed by atoms with Gasteiger partial charge in [-0.25, -0.2) is 0 Å². The fourth-order valence-corrected chi connectivity index (χ4v) is 1.74. The van der Waals surface area contributed by atoms with E-state index in [4.69, 9.17) is 14.6 Å². The molecule has 0 saturated heterocycles. The Hall–Kier alpha value is -1.26. The first-order valence-corrected chi connectivity index (χ1v) is 6.22. The van der Waals surface area contributed by atoms with E-state index in [9.17, 15) is 0 Å². The molecular weight excluding hydrogens is 230 g/mol. The quantitative estimate of drug-likeness (QED) is 0.763. The molecule has 0 bridgehead atoms. The van der Waals surface area contributed by atoms with Crippen LogP contribution in [0, 0.1) is 0 Å². The third-order valence-electron chi connectivity index (χ3n) is 2.65. The first kappa shape index (κ1) is 14.8. The monoisotopic (exact) mass is 253 g/mol. The van der Waals surface area contributed by atoms with E-state index in [1.54, 1.807) is 7.11 Å². The van der Waals surface area contributed by atoms with E-state index >= 15 is 0 Å². The van der Waals surface area contributed by atoms with Crippen LogP contribution in [-0.2, 0) is 6.42 Å². The van der Waals surface area contributed by atoms with Gasteiger partial charge in [0.25, 0.3) is 0 Å². The van der Waals surface area contributed by atoms with E-state index in [2.05, 4.69) is 19.0 Å². The number of methoxy groups -OCH3 is 1. The summed E-state index contributed by atoms with van der Waals surface area (Å²) in [4.78, 5) is 2.18. The summed E-state index contributed by atoms with van der Waals surface area (Å²) in [7, 11) is 5.78. The second-order valence-corrected chi connectivity index (χ2v) is 4.46. The highest BCUT2D eigenvalue weighted by atomic mass is 16.5. The minimum atomic E-state index is 0.00768. The maximum atomic E-state index is 8.74. The van der Waals surface area contributed by atoms with E-state index in [0.717, 1.165) is 25.1 Å². The SMILES string of the molecule is COc1cc(CCCN(C)C)ccc1OCCO. The predicted molar refractivity (Wildman–Crippen MR) is 72.4 cm³/mol. The van der Waals surface area contributed by atoms with Crippen molar-refractivity contribution in [2.45, 2.75) is 12.8 Å². The lowest BCUT2D eigenvalue weighted by molar-refractivity contribution is 0.196. The molecule has 0 fully saturated rings. The molecule has 0 aromatic heterocycles. The third kappa shape index (κ3) is 4.94. The molecule has 18 heavy (non-hydrogen) atoms. The predicted octanol–water partition coefficient (Wildman–Crippen LogP) is 1.56. The molecule has 0 spiro atoms. The molecule has 0 aliphatic heterocycles. The molecule has 1 N–H and O–H groups in total. The van der Waals surface area contributed by atoms with E-state index in [1.807, 2.05) is 18.2 Å². The van der Waals surface area contributed by atoms with Crippen molar-refractivity contribution in [3.63, 3.8) is 0 Å². The van der Waals surface area contributed by atoms with Gasteiger partial charge in [0, 0.05) is 0 Å². The highest BCUT2D eigenvalue weighted by Gasteiger charge is 2.05. The molecule has 102 valence electrons. The van der Waals surface area contributed by atoms with Gasteiger partial charge in [0.2, 0.25) is 0 Å². The van der Waals surface area contributed by atoms with Gasteiger partial charge in [-0.2, -0.15) is 0 Å². The third-order valence-corrected chi connectivity index (χ3v) is 2.65. The van der Waals surface area contributed by atoms with Crippen molar-refractivity contribution in [2.24, 2.45) is 0 Å². The minimum absolute atomic E-state index is 0.00768. The summed E-state index contributed by atoms with van der Waals surface area (Å²) in [5, 5.41) is 8.74. The highest BCUT2D eigenvalue weighted by molar-refractivity contribution is 5.43. The summed E-state index contributed by atoms with van der Waals surface area (Å²) in [6.07, 6.45) is 2.14. The van der Waals surface area contributed by atoms with Crippen molar-refractivity contribution in [1.29, 1.82) is 0 Å². The average molecular weight is 253 g/mol. The van der Waals surface area contributed by atoms with Crippen LogP contribution >= 0.6 is 0 Å². The summed E-state index contributed by atoms with van der Waals surface area (Å²) in [5.74, 6) is 1.41. The van der Waals surface area contributed by atoms with Crippen molar-refractivity contribution in [1.82, 2.24) is 4.90 Å². The molecule has 1 aromatic carbocycles. The molecule has 1 rings (SSSR count). The van der Waals surface area contributed by atoms with Crippen LogP contribution < -0.4 is 9.47 Å². The summed E-state index contributed by atoms with van der Waals surface area (Å²) in [6, 6.07) is 5.95. The zero-order valence-electron chi connectivity index (χ0n) is 11.5. The Kier molecular flexibility index (Phi) is 6.54. The van der Waals surface area contributed by atoms with Crippen LogP contribution in [0.2, 0.25) is 0 Å². The van der Waals surface area contributed by atoms with Gasteiger partial charge in [-0.05, 0) is 51.2 Å². The lowest BCUT2D eigenvalue weighted by Gasteiger charge is -2.12. The number of ether oxygens (including phenoxy) is 2. The van der Waals surface area contributed by atoms with Crippen LogP contribution in [0.25, 0.3) is 0 Å². The molecule has 0 radical (unpaired) electrons. The molecule has 4 heteroatoms. The normalized spacial score (nSPS) is 10.7. The lowest BCUT2D eigenvalue weighted by atomic mass is 10.1. The molecule has 0 unspecified atom stereocenters. The summed E-state index contributed by atoms with van der Waals surface area (Å²) < 4.78 is 10.7. The first-order valence-electron chi connectivity index (χ1n) is 6.22. The molecule has 0 aliphatic rings. The standard InChI is InChI=1S/C14H23NO3/c1-15(2)8-4-5-12-6-7-13(18-10-9-16)14(11-12)17-3/h6-7,11,16H,4-5,8-10H2,1-3H3. The van der Waals surface area contributed by atoms with Gasteiger partial charge in [-0.15, -0.1) is 0 Å². The van der Waals surface area contributed by atoms with Crippen LogP contribution in [0.1, 0.15) is 12.0 Å². The van der Waals surface area contributed by atoms with Crippen molar-refractivity contribution in [3.8, 4) is 11.5 Å². The van der Waals surface area contributed by atoms with Gasteiger partial charge in [-0.3, -0.25) is 0 Å². The number of aliphatic hydroxyl groups is 1. The first-order chi connectivity index (χ1) is 8.67. The van der Waals surface area contributed by atoms with Crippen LogP contribution in [0.3, 0.4) is 0 Å². The Morgan fingerprint density at radius 3 is 2.61 bits per heavy atom. The number of aliphatic hydroxyl groups excluding tert-OH is 1. The molecule has 0 amide bonds. The van der Waals surface area contributed by atoms with Crippen molar-refractivity contribution in [3.05, 3.63) is 23.8 Å². The molecular formula is C14H23NO3. The number of nitrogens with zero attached hydrogens (tertiary/aromatic N) is 1. The summed E-state index contributed by atoms with van der Waals surface area (Å²) >= 11 is 0. The zero-order chi connectivity index (χ0) is 13.4. The Bertz CT molecular complexity index is 353. The van der Waals surface area contributed by atoms with E-state index in [-0.39, 0.29) is 13.2 Å². The average Bonchev–Trinajstić information content (AvgIpc) is 2.36. The van der Waals surface area contributed by atoms with E-state index in [1.165, 1.54) is 5.56 Å². The van der Waals surface area contributed by atoms with Gasteiger partial charge < -0.3 is 19.5 Å². The number of hydrogen-bond donors (Lipinski definition) is 1. The van der Waals surface area contributed by atoms with Gasteiger partial charge in [0.15, 0.2) is 11.5 Å². The molecule has 1 aromatic rings. The molecule has 0 saturated carbocycles. The fourth-order valence-electron chi connectivity index (χ4n) is 1.74. The topological polar surface area (TPSA) is 41.9 Å². The fraction of sp³-hybridized carbons (Fsp3) is 0.571. The number of benzene rings is 1.